The SMILES string of the molecule is OC(=Cc1ccccc1)[C@@H](O)[C@@H](O)[C@H](O)[C@@H](O)C(O)=Cc1ccc(Cl)cc1. The van der Waals surface area contributed by atoms with Gasteiger partial charge in [0, 0.05) is 5.02 Å². The van der Waals surface area contributed by atoms with Gasteiger partial charge in [-0.3, -0.25) is 0 Å². The van der Waals surface area contributed by atoms with Gasteiger partial charge in [-0.1, -0.05) is 54.1 Å². The van der Waals surface area contributed by atoms with Crippen molar-refractivity contribution in [2.45, 2.75) is 24.4 Å². The number of hydrogen-bond donors (Lipinski definition) is 6. The highest BCUT2D eigenvalue weighted by Crippen LogP contribution is 2.18. The molecule has 0 aliphatic carbocycles. The molecule has 2 aromatic rings. The molecule has 0 saturated heterocycles. The van der Waals surface area contributed by atoms with E-state index < -0.39 is 35.9 Å². The molecule has 6 N–H and O–H groups in total. The van der Waals surface area contributed by atoms with Gasteiger partial charge >= 0.3 is 0 Å². The second kappa shape index (κ2) is 9.55. The van der Waals surface area contributed by atoms with E-state index >= 15 is 0 Å². The Morgan fingerprint density at radius 2 is 1.07 bits per heavy atom. The number of hydrogen-bond acceptors (Lipinski definition) is 6. The number of benzene rings is 2. The predicted octanol–water partition coefficient (Wildman–Crippen LogP) is 2.28. The zero-order valence-electron chi connectivity index (χ0n) is 14.2. The van der Waals surface area contributed by atoms with Crippen LogP contribution in [0.15, 0.2) is 66.1 Å². The first-order valence-corrected chi connectivity index (χ1v) is 8.51. The maximum Gasteiger partial charge on any atom is 0.139 e. The quantitative estimate of drug-likeness (QED) is 0.402. The predicted molar refractivity (Wildman–Crippen MR) is 103 cm³/mol. The van der Waals surface area contributed by atoms with E-state index in [2.05, 4.69) is 0 Å². The molecule has 0 saturated carbocycles. The fourth-order valence-electron chi connectivity index (χ4n) is 2.34. The van der Waals surface area contributed by atoms with Crippen LogP contribution in [0.2, 0.25) is 5.02 Å². The highest BCUT2D eigenvalue weighted by molar-refractivity contribution is 6.30. The first-order valence-electron chi connectivity index (χ1n) is 8.13. The topological polar surface area (TPSA) is 121 Å². The summed E-state index contributed by atoms with van der Waals surface area (Å²) in [6, 6.07) is 14.9. The molecule has 0 aliphatic heterocycles. The Kier molecular flexibility index (Phi) is 7.41. The molecule has 0 unspecified atom stereocenters. The van der Waals surface area contributed by atoms with Crippen LogP contribution in [0.4, 0.5) is 0 Å². The minimum Gasteiger partial charge on any atom is -0.509 e. The number of halogens is 1. The van der Waals surface area contributed by atoms with Crippen LogP contribution in [0.5, 0.6) is 0 Å². The van der Waals surface area contributed by atoms with Crippen LogP contribution in [0, 0.1) is 0 Å². The normalized spacial score (nSPS) is 17.2. The monoisotopic (exact) mass is 392 g/mol. The average Bonchev–Trinajstić information content (AvgIpc) is 2.68. The zero-order valence-corrected chi connectivity index (χ0v) is 15.0. The zero-order chi connectivity index (χ0) is 20.0. The van der Waals surface area contributed by atoms with E-state index in [4.69, 9.17) is 11.6 Å². The Bertz CT molecular complexity index is 788. The lowest BCUT2D eigenvalue weighted by Crippen LogP contribution is -2.45. The van der Waals surface area contributed by atoms with Crippen LogP contribution in [0.3, 0.4) is 0 Å². The molecule has 6 nitrogen and oxygen atoms in total. The Balaban J connectivity index is 2.09. The van der Waals surface area contributed by atoms with Gasteiger partial charge in [0.15, 0.2) is 0 Å². The standard InChI is InChI=1S/C20H21ClO6/c21-14-8-6-13(7-9-14)11-16(23)18(25)20(27)19(26)17(24)15(22)10-12-4-2-1-3-5-12/h1-11,17-20,22-27H/t17-,18+,19-,20-/m1/s1. The van der Waals surface area contributed by atoms with E-state index in [0.29, 0.717) is 16.1 Å². The minimum absolute atomic E-state index is 0.492. The summed E-state index contributed by atoms with van der Waals surface area (Å²) in [5, 5.41) is 60.5. The van der Waals surface area contributed by atoms with Gasteiger partial charge in [-0.15, -0.1) is 0 Å². The van der Waals surface area contributed by atoms with E-state index in [1.54, 1.807) is 54.6 Å². The molecule has 2 rings (SSSR count). The maximum atomic E-state index is 10.0. The van der Waals surface area contributed by atoms with Crippen molar-refractivity contribution in [1.82, 2.24) is 0 Å². The summed E-state index contributed by atoms with van der Waals surface area (Å²) in [6.45, 7) is 0. The lowest BCUT2D eigenvalue weighted by atomic mass is 9.99. The Labute approximate surface area is 161 Å². The molecule has 2 aromatic carbocycles. The highest BCUT2D eigenvalue weighted by atomic mass is 35.5. The summed E-state index contributed by atoms with van der Waals surface area (Å²) in [7, 11) is 0. The minimum atomic E-state index is -1.95. The summed E-state index contributed by atoms with van der Waals surface area (Å²) in [5.74, 6) is -1.22. The van der Waals surface area contributed by atoms with E-state index in [1.807, 2.05) is 0 Å². The number of aliphatic hydroxyl groups is 6. The molecule has 0 spiro atoms. The molecular formula is C20H21ClO6. The molecule has 0 fully saturated rings. The van der Waals surface area contributed by atoms with Gasteiger partial charge in [0.05, 0.1) is 0 Å². The largest absolute Gasteiger partial charge is 0.509 e. The summed E-state index contributed by atoms with van der Waals surface area (Å²) >= 11 is 5.76. The molecular weight excluding hydrogens is 372 g/mol. The van der Waals surface area contributed by atoms with E-state index in [1.165, 1.54) is 12.2 Å². The lowest BCUT2D eigenvalue weighted by molar-refractivity contribution is -0.0996. The molecule has 0 aliphatic rings. The molecule has 0 bridgehead atoms. The van der Waals surface area contributed by atoms with E-state index in [9.17, 15) is 30.6 Å². The van der Waals surface area contributed by atoms with Gasteiger partial charge in [0.1, 0.15) is 35.9 Å². The van der Waals surface area contributed by atoms with Crippen LogP contribution < -0.4 is 0 Å². The molecule has 144 valence electrons. The molecule has 0 aromatic heterocycles. The van der Waals surface area contributed by atoms with Gasteiger partial charge < -0.3 is 30.6 Å². The fourth-order valence-corrected chi connectivity index (χ4v) is 2.47. The summed E-state index contributed by atoms with van der Waals surface area (Å²) < 4.78 is 0. The summed E-state index contributed by atoms with van der Waals surface area (Å²) in [5.41, 5.74) is 1.08. The lowest BCUT2D eigenvalue weighted by Gasteiger charge is -2.26. The van der Waals surface area contributed by atoms with E-state index in [-0.39, 0.29) is 0 Å². The van der Waals surface area contributed by atoms with Crippen LogP contribution in [0.1, 0.15) is 11.1 Å². The van der Waals surface area contributed by atoms with E-state index in [0.717, 1.165) is 0 Å². The first-order chi connectivity index (χ1) is 12.8. The Morgan fingerprint density at radius 1 is 0.667 bits per heavy atom. The third-order valence-electron chi connectivity index (χ3n) is 3.90. The van der Waals surface area contributed by atoms with Crippen LogP contribution in [0.25, 0.3) is 12.2 Å². The maximum absolute atomic E-state index is 10.0. The van der Waals surface area contributed by atoms with Crippen molar-refractivity contribution < 1.29 is 30.6 Å². The molecule has 4 atom stereocenters. The second-order valence-corrected chi connectivity index (χ2v) is 6.41. The highest BCUT2D eigenvalue weighted by Gasteiger charge is 2.34. The van der Waals surface area contributed by atoms with Crippen LogP contribution >= 0.6 is 11.6 Å². The molecule has 7 heteroatoms. The fraction of sp³-hybridized carbons (Fsp3) is 0.200. The van der Waals surface area contributed by atoms with Gasteiger partial charge in [-0.05, 0) is 35.4 Å². The third kappa shape index (κ3) is 5.82. The van der Waals surface area contributed by atoms with Crippen molar-refractivity contribution in [3.63, 3.8) is 0 Å². The smallest absolute Gasteiger partial charge is 0.139 e. The van der Waals surface area contributed by atoms with Gasteiger partial charge in [0.25, 0.3) is 0 Å². The van der Waals surface area contributed by atoms with Crippen molar-refractivity contribution >= 4 is 23.8 Å². The molecule has 0 heterocycles. The summed E-state index contributed by atoms with van der Waals surface area (Å²) in [6.07, 6.45) is -5.23. The van der Waals surface area contributed by atoms with Crippen molar-refractivity contribution in [1.29, 1.82) is 0 Å². The Hall–Kier alpha value is -2.35. The van der Waals surface area contributed by atoms with Crippen molar-refractivity contribution in [2.75, 3.05) is 0 Å². The average molecular weight is 393 g/mol. The number of aliphatic hydroxyl groups excluding tert-OH is 6. The van der Waals surface area contributed by atoms with Crippen molar-refractivity contribution in [3.8, 4) is 0 Å². The third-order valence-corrected chi connectivity index (χ3v) is 4.15. The molecule has 27 heavy (non-hydrogen) atoms. The Morgan fingerprint density at radius 3 is 1.52 bits per heavy atom. The first kappa shape index (κ1) is 21.0. The molecule has 0 amide bonds. The van der Waals surface area contributed by atoms with Gasteiger partial charge in [-0.2, -0.15) is 0 Å². The summed E-state index contributed by atoms with van der Waals surface area (Å²) in [4.78, 5) is 0. The van der Waals surface area contributed by atoms with Crippen molar-refractivity contribution in [2.24, 2.45) is 0 Å². The number of rotatable bonds is 7. The van der Waals surface area contributed by atoms with Crippen molar-refractivity contribution in [3.05, 3.63) is 82.3 Å². The van der Waals surface area contributed by atoms with Crippen LogP contribution in [-0.2, 0) is 0 Å². The van der Waals surface area contributed by atoms with Crippen LogP contribution in [-0.4, -0.2) is 55.1 Å². The van der Waals surface area contributed by atoms with Gasteiger partial charge in [-0.25, -0.2) is 0 Å². The molecule has 0 radical (unpaired) electrons. The van der Waals surface area contributed by atoms with Gasteiger partial charge in [0.2, 0.25) is 0 Å². The second-order valence-electron chi connectivity index (χ2n) is 5.97.